The van der Waals surface area contributed by atoms with E-state index in [1.165, 1.54) is 0 Å². The second-order valence-corrected chi connectivity index (χ2v) is 7.73. The maximum Gasteiger partial charge on any atom is 0.240 e. The van der Waals surface area contributed by atoms with E-state index in [9.17, 15) is 8.42 Å². The Hall–Kier alpha value is -0.690. The second-order valence-electron chi connectivity index (χ2n) is 4.32. The average molecular weight is 360 g/mol. The molecule has 0 aliphatic carbocycles. The third-order valence-corrected chi connectivity index (χ3v) is 5.40. The first-order chi connectivity index (χ1) is 8.97. The summed E-state index contributed by atoms with van der Waals surface area (Å²) in [6, 6.07) is 8.56. The highest BCUT2D eigenvalue weighted by atomic mass is 79.9. The fourth-order valence-corrected chi connectivity index (χ4v) is 4.29. The summed E-state index contributed by atoms with van der Waals surface area (Å²) in [6.07, 6.45) is 0.691. The monoisotopic (exact) mass is 359 g/mol. The minimum Gasteiger partial charge on any atom is -0.208 e. The summed E-state index contributed by atoms with van der Waals surface area (Å²) in [5.41, 5.74) is 1.15. The molecule has 1 heterocycles. The first kappa shape index (κ1) is 14.7. The highest BCUT2D eigenvalue weighted by Gasteiger charge is 2.17. The van der Waals surface area contributed by atoms with Gasteiger partial charge >= 0.3 is 0 Å². The van der Waals surface area contributed by atoms with Gasteiger partial charge in [0.1, 0.15) is 0 Å². The molecule has 3 nitrogen and oxygen atoms in total. The van der Waals surface area contributed by atoms with Gasteiger partial charge in [-0.2, -0.15) is 11.3 Å². The number of halogens is 1. The predicted octanol–water partition coefficient (Wildman–Crippen LogP) is 3.42. The molecular weight excluding hydrogens is 346 g/mol. The lowest BCUT2D eigenvalue weighted by atomic mass is 10.1. The molecule has 102 valence electrons. The minimum atomic E-state index is -3.46. The highest BCUT2D eigenvalue weighted by Crippen LogP contribution is 2.17. The lowest BCUT2D eigenvalue weighted by Crippen LogP contribution is -2.34. The van der Waals surface area contributed by atoms with E-state index >= 15 is 0 Å². The number of benzene rings is 1. The molecule has 0 amide bonds. The summed E-state index contributed by atoms with van der Waals surface area (Å²) in [5, 5.41) is 4.02. The van der Waals surface area contributed by atoms with E-state index < -0.39 is 10.0 Å². The molecule has 19 heavy (non-hydrogen) atoms. The minimum absolute atomic E-state index is 0.140. The SMILES string of the molecule is CC(Cc1ccsc1)NS(=O)(=O)c1cccc(Br)c1. The van der Waals surface area contributed by atoms with Gasteiger partial charge in [0, 0.05) is 10.5 Å². The Balaban J connectivity index is 2.09. The van der Waals surface area contributed by atoms with Gasteiger partial charge in [0.25, 0.3) is 0 Å². The van der Waals surface area contributed by atoms with Gasteiger partial charge in [0.05, 0.1) is 4.90 Å². The van der Waals surface area contributed by atoms with E-state index in [1.807, 2.05) is 23.8 Å². The zero-order valence-electron chi connectivity index (χ0n) is 10.3. The van der Waals surface area contributed by atoms with E-state index in [0.717, 1.165) is 10.0 Å². The average Bonchev–Trinajstić information content (AvgIpc) is 2.81. The Bertz CT molecular complexity index is 638. The number of hydrogen-bond acceptors (Lipinski definition) is 3. The van der Waals surface area contributed by atoms with E-state index in [0.29, 0.717) is 6.42 Å². The van der Waals surface area contributed by atoms with Crippen LogP contribution in [-0.4, -0.2) is 14.5 Å². The molecule has 0 bridgehead atoms. The van der Waals surface area contributed by atoms with Crippen LogP contribution in [0.25, 0.3) is 0 Å². The van der Waals surface area contributed by atoms with E-state index in [1.54, 1.807) is 35.6 Å². The molecule has 0 aliphatic heterocycles. The van der Waals surface area contributed by atoms with Crippen molar-refractivity contribution in [1.82, 2.24) is 4.72 Å². The van der Waals surface area contributed by atoms with Crippen LogP contribution in [0.15, 0.2) is 50.5 Å². The number of thiophene rings is 1. The first-order valence-electron chi connectivity index (χ1n) is 5.76. The summed E-state index contributed by atoms with van der Waals surface area (Å²) in [4.78, 5) is 0.277. The maximum atomic E-state index is 12.2. The van der Waals surface area contributed by atoms with Crippen molar-refractivity contribution in [3.63, 3.8) is 0 Å². The van der Waals surface area contributed by atoms with E-state index in [4.69, 9.17) is 0 Å². The summed E-state index contributed by atoms with van der Waals surface area (Å²) in [6.45, 7) is 1.87. The highest BCUT2D eigenvalue weighted by molar-refractivity contribution is 9.10. The van der Waals surface area contributed by atoms with Gasteiger partial charge in [-0.05, 0) is 53.9 Å². The molecule has 0 saturated heterocycles. The number of nitrogens with one attached hydrogen (secondary N) is 1. The molecule has 1 unspecified atom stereocenters. The Kier molecular flexibility index (Phi) is 4.78. The maximum absolute atomic E-state index is 12.2. The van der Waals surface area contributed by atoms with Crippen LogP contribution in [0.5, 0.6) is 0 Å². The Morgan fingerprint density at radius 1 is 1.37 bits per heavy atom. The third-order valence-electron chi connectivity index (χ3n) is 2.58. The van der Waals surface area contributed by atoms with E-state index in [-0.39, 0.29) is 10.9 Å². The normalized spacial score (nSPS) is 13.4. The van der Waals surface area contributed by atoms with Crippen molar-refractivity contribution < 1.29 is 8.42 Å². The van der Waals surface area contributed by atoms with Crippen LogP contribution in [0.2, 0.25) is 0 Å². The summed E-state index contributed by atoms with van der Waals surface area (Å²) in [5.74, 6) is 0. The van der Waals surface area contributed by atoms with Crippen LogP contribution in [0.1, 0.15) is 12.5 Å². The molecule has 0 saturated carbocycles. The lowest BCUT2D eigenvalue weighted by Gasteiger charge is -2.13. The van der Waals surface area contributed by atoms with Gasteiger partial charge in [0.15, 0.2) is 0 Å². The molecule has 1 aromatic carbocycles. The molecule has 1 N–H and O–H groups in total. The van der Waals surface area contributed by atoms with Crippen LogP contribution < -0.4 is 4.72 Å². The van der Waals surface area contributed by atoms with Crippen molar-refractivity contribution in [2.45, 2.75) is 24.3 Å². The van der Waals surface area contributed by atoms with Crippen molar-refractivity contribution in [3.05, 3.63) is 51.1 Å². The number of sulfonamides is 1. The van der Waals surface area contributed by atoms with Crippen molar-refractivity contribution in [2.24, 2.45) is 0 Å². The van der Waals surface area contributed by atoms with Gasteiger partial charge in [-0.25, -0.2) is 13.1 Å². The van der Waals surface area contributed by atoms with Gasteiger partial charge in [0.2, 0.25) is 10.0 Å². The zero-order valence-corrected chi connectivity index (χ0v) is 13.6. The fourth-order valence-electron chi connectivity index (χ4n) is 1.77. The molecule has 0 fully saturated rings. The molecule has 1 aromatic heterocycles. The van der Waals surface area contributed by atoms with Crippen molar-refractivity contribution in [2.75, 3.05) is 0 Å². The molecule has 0 radical (unpaired) electrons. The van der Waals surface area contributed by atoms with Gasteiger partial charge in [-0.3, -0.25) is 0 Å². The van der Waals surface area contributed by atoms with Crippen LogP contribution >= 0.6 is 27.3 Å². The number of rotatable bonds is 5. The molecular formula is C13H14BrNO2S2. The first-order valence-corrected chi connectivity index (χ1v) is 8.98. The van der Waals surface area contributed by atoms with Gasteiger partial charge in [-0.15, -0.1) is 0 Å². The Labute approximate surface area is 125 Å². The molecule has 0 spiro atoms. The molecule has 0 aliphatic rings. The lowest BCUT2D eigenvalue weighted by molar-refractivity contribution is 0.560. The molecule has 1 atom stereocenters. The smallest absolute Gasteiger partial charge is 0.208 e. The summed E-state index contributed by atoms with van der Waals surface area (Å²) >= 11 is 4.89. The second kappa shape index (κ2) is 6.17. The molecule has 6 heteroatoms. The van der Waals surface area contributed by atoms with Crippen LogP contribution in [-0.2, 0) is 16.4 Å². The Morgan fingerprint density at radius 3 is 2.79 bits per heavy atom. The Morgan fingerprint density at radius 2 is 2.16 bits per heavy atom. The quantitative estimate of drug-likeness (QED) is 0.888. The topological polar surface area (TPSA) is 46.2 Å². The standard InChI is InChI=1S/C13H14BrNO2S2/c1-10(7-11-5-6-18-9-11)15-19(16,17)13-4-2-3-12(14)8-13/h2-6,8-10,15H,7H2,1H3. The van der Waals surface area contributed by atoms with E-state index in [2.05, 4.69) is 20.7 Å². The largest absolute Gasteiger partial charge is 0.240 e. The molecule has 2 aromatic rings. The fraction of sp³-hybridized carbons (Fsp3) is 0.231. The predicted molar refractivity (Wildman–Crippen MR) is 81.9 cm³/mol. The van der Waals surface area contributed by atoms with Crippen LogP contribution in [0.4, 0.5) is 0 Å². The van der Waals surface area contributed by atoms with Crippen molar-refractivity contribution in [1.29, 1.82) is 0 Å². The third kappa shape index (κ3) is 4.14. The van der Waals surface area contributed by atoms with Crippen molar-refractivity contribution in [3.8, 4) is 0 Å². The summed E-state index contributed by atoms with van der Waals surface area (Å²) < 4.78 is 27.8. The van der Waals surface area contributed by atoms with Gasteiger partial charge < -0.3 is 0 Å². The van der Waals surface area contributed by atoms with Crippen LogP contribution in [0.3, 0.4) is 0 Å². The zero-order chi connectivity index (χ0) is 13.9. The summed E-state index contributed by atoms with van der Waals surface area (Å²) in [7, 11) is -3.46. The molecule has 2 rings (SSSR count). The van der Waals surface area contributed by atoms with Crippen molar-refractivity contribution >= 4 is 37.3 Å². The van der Waals surface area contributed by atoms with Gasteiger partial charge in [-0.1, -0.05) is 22.0 Å². The number of hydrogen-bond donors (Lipinski definition) is 1. The van der Waals surface area contributed by atoms with Crippen LogP contribution in [0, 0.1) is 0 Å².